The van der Waals surface area contributed by atoms with Gasteiger partial charge >= 0.3 is 0 Å². The largest absolute Gasteiger partial charge is 0.489 e. The number of halogens is 1. The van der Waals surface area contributed by atoms with Gasteiger partial charge < -0.3 is 4.74 Å². The van der Waals surface area contributed by atoms with Gasteiger partial charge in [-0.25, -0.2) is 0 Å². The molecular weight excluding hydrogens is 312 g/mol. The Balaban J connectivity index is 2.21. The molecule has 2 rings (SSSR count). The van der Waals surface area contributed by atoms with Crippen LogP contribution in [0.5, 0.6) is 5.75 Å². The van der Waals surface area contributed by atoms with Gasteiger partial charge in [-0.2, -0.15) is 0 Å². The number of aryl methyl sites for hydroxylation is 1. The van der Waals surface area contributed by atoms with Gasteiger partial charge in [0.15, 0.2) is 0 Å². The highest BCUT2D eigenvalue weighted by molar-refractivity contribution is 9.10. The van der Waals surface area contributed by atoms with Crippen LogP contribution >= 0.6 is 15.9 Å². The minimum atomic E-state index is 0.0820. The molecule has 0 radical (unpaired) electrons. The van der Waals surface area contributed by atoms with Crippen LogP contribution in [0.25, 0.3) is 0 Å². The van der Waals surface area contributed by atoms with E-state index in [1.54, 1.807) is 0 Å². The lowest BCUT2D eigenvalue weighted by atomic mass is 9.85. The molecule has 0 aliphatic heterocycles. The standard InChI is InChI=1S/C18H21BrO/c1-13-8-9-17(16(10-13)18(2,3)4)20-12-14-6-5-7-15(19)11-14/h5-11H,12H2,1-4H3. The van der Waals surface area contributed by atoms with Crippen molar-refractivity contribution in [1.29, 1.82) is 0 Å². The maximum atomic E-state index is 6.04. The Morgan fingerprint density at radius 1 is 1.05 bits per heavy atom. The third kappa shape index (κ3) is 3.86. The van der Waals surface area contributed by atoms with Gasteiger partial charge in [-0.3, -0.25) is 0 Å². The Bertz CT molecular complexity index is 597. The smallest absolute Gasteiger partial charge is 0.123 e. The molecular formula is C18H21BrO. The molecule has 106 valence electrons. The fourth-order valence-electron chi connectivity index (χ4n) is 2.14. The normalized spacial score (nSPS) is 11.4. The molecule has 0 bridgehead atoms. The van der Waals surface area contributed by atoms with Crippen molar-refractivity contribution >= 4 is 15.9 Å². The summed E-state index contributed by atoms with van der Waals surface area (Å²) >= 11 is 3.49. The van der Waals surface area contributed by atoms with E-state index in [4.69, 9.17) is 4.74 Å². The number of hydrogen-bond donors (Lipinski definition) is 0. The second kappa shape index (κ2) is 6.01. The average molecular weight is 333 g/mol. The van der Waals surface area contributed by atoms with Gasteiger partial charge in [0.05, 0.1) is 0 Å². The molecule has 0 heterocycles. The second-order valence-electron chi connectivity index (χ2n) is 6.17. The minimum absolute atomic E-state index is 0.0820. The summed E-state index contributed by atoms with van der Waals surface area (Å²) in [5, 5.41) is 0. The molecule has 2 heteroatoms. The average Bonchev–Trinajstić information content (AvgIpc) is 2.36. The van der Waals surface area contributed by atoms with Crippen LogP contribution in [-0.2, 0) is 12.0 Å². The van der Waals surface area contributed by atoms with Crippen molar-refractivity contribution in [2.75, 3.05) is 0 Å². The van der Waals surface area contributed by atoms with Crippen molar-refractivity contribution in [3.63, 3.8) is 0 Å². The second-order valence-corrected chi connectivity index (χ2v) is 7.08. The molecule has 0 aromatic heterocycles. The lowest BCUT2D eigenvalue weighted by Crippen LogP contribution is -2.13. The predicted octanol–water partition coefficient (Wildman–Crippen LogP) is 5.63. The predicted molar refractivity (Wildman–Crippen MR) is 88.4 cm³/mol. The first kappa shape index (κ1) is 15.1. The van der Waals surface area contributed by atoms with Crippen molar-refractivity contribution in [3.8, 4) is 5.75 Å². The van der Waals surface area contributed by atoms with Crippen LogP contribution in [0.1, 0.15) is 37.5 Å². The Morgan fingerprint density at radius 2 is 1.80 bits per heavy atom. The minimum Gasteiger partial charge on any atom is -0.489 e. The van der Waals surface area contributed by atoms with Gasteiger partial charge in [0.2, 0.25) is 0 Å². The van der Waals surface area contributed by atoms with Crippen LogP contribution in [0.2, 0.25) is 0 Å². The van der Waals surface area contributed by atoms with Gasteiger partial charge in [0.1, 0.15) is 12.4 Å². The molecule has 20 heavy (non-hydrogen) atoms. The van der Waals surface area contributed by atoms with E-state index in [0.717, 1.165) is 10.2 Å². The first-order chi connectivity index (χ1) is 9.36. The SMILES string of the molecule is Cc1ccc(OCc2cccc(Br)c2)c(C(C)(C)C)c1. The van der Waals surface area contributed by atoms with Crippen LogP contribution in [0.4, 0.5) is 0 Å². The lowest BCUT2D eigenvalue weighted by molar-refractivity contribution is 0.297. The Labute approximate surface area is 130 Å². The highest BCUT2D eigenvalue weighted by Crippen LogP contribution is 2.32. The fourth-order valence-corrected chi connectivity index (χ4v) is 2.59. The zero-order valence-corrected chi connectivity index (χ0v) is 14.1. The molecule has 0 N–H and O–H groups in total. The van der Waals surface area contributed by atoms with Crippen molar-refractivity contribution < 1.29 is 4.74 Å². The van der Waals surface area contributed by atoms with Gasteiger partial charge in [0, 0.05) is 4.47 Å². The van der Waals surface area contributed by atoms with Crippen molar-refractivity contribution in [1.82, 2.24) is 0 Å². The van der Waals surface area contributed by atoms with E-state index >= 15 is 0 Å². The highest BCUT2D eigenvalue weighted by atomic mass is 79.9. The topological polar surface area (TPSA) is 9.23 Å². The summed E-state index contributed by atoms with van der Waals surface area (Å²) in [6, 6.07) is 14.6. The number of ether oxygens (including phenoxy) is 1. The summed E-state index contributed by atoms with van der Waals surface area (Å²) < 4.78 is 7.12. The van der Waals surface area contributed by atoms with Crippen molar-refractivity contribution in [2.45, 2.75) is 39.7 Å². The van der Waals surface area contributed by atoms with Crippen molar-refractivity contribution in [3.05, 3.63) is 63.6 Å². The van der Waals surface area contributed by atoms with Crippen LogP contribution in [0.15, 0.2) is 46.9 Å². The molecule has 0 atom stereocenters. The van der Waals surface area contributed by atoms with Crippen LogP contribution < -0.4 is 4.74 Å². The number of benzene rings is 2. The van der Waals surface area contributed by atoms with Crippen LogP contribution in [0.3, 0.4) is 0 Å². The Kier molecular flexibility index (Phi) is 4.54. The highest BCUT2D eigenvalue weighted by Gasteiger charge is 2.19. The van der Waals surface area contributed by atoms with E-state index in [1.807, 2.05) is 12.1 Å². The molecule has 0 saturated carbocycles. The molecule has 1 nitrogen and oxygen atoms in total. The zero-order chi connectivity index (χ0) is 14.8. The first-order valence-electron chi connectivity index (χ1n) is 6.84. The van der Waals surface area contributed by atoms with Crippen molar-refractivity contribution in [2.24, 2.45) is 0 Å². The van der Waals surface area contributed by atoms with E-state index < -0.39 is 0 Å². The van der Waals surface area contributed by atoms with Crippen LogP contribution in [-0.4, -0.2) is 0 Å². The Morgan fingerprint density at radius 3 is 2.45 bits per heavy atom. The molecule has 2 aromatic carbocycles. The van der Waals surface area contributed by atoms with E-state index in [0.29, 0.717) is 6.61 Å². The van der Waals surface area contributed by atoms with E-state index in [-0.39, 0.29) is 5.41 Å². The third-order valence-corrected chi connectivity index (χ3v) is 3.72. The molecule has 0 fully saturated rings. The molecule has 0 spiro atoms. The third-order valence-electron chi connectivity index (χ3n) is 3.23. The Hall–Kier alpha value is -1.28. The zero-order valence-electron chi connectivity index (χ0n) is 12.5. The monoisotopic (exact) mass is 332 g/mol. The molecule has 0 aliphatic carbocycles. The summed E-state index contributed by atoms with van der Waals surface area (Å²) in [5.74, 6) is 0.975. The van der Waals surface area contributed by atoms with E-state index in [9.17, 15) is 0 Å². The first-order valence-corrected chi connectivity index (χ1v) is 7.64. The molecule has 2 aromatic rings. The summed E-state index contributed by atoms with van der Waals surface area (Å²) in [7, 11) is 0. The summed E-state index contributed by atoms with van der Waals surface area (Å²) in [6.07, 6.45) is 0. The molecule has 0 saturated heterocycles. The molecule has 0 unspecified atom stereocenters. The quantitative estimate of drug-likeness (QED) is 0.707. The number of hydrogen-bond acceptors (Lipinski definition) is 1. The van der Waals surface area contributed by atoms with Gasteiger partial charge in [-0.1, -0.05) is 66.5 Å². The van der Waals surface area contributed by atoms with Crippen LogP contribution in [0, 0.1) is 6.92 Å². The fraction of sp³-hybridized carbons (Fsp3) is 0.333. The van der Waals surface area contributed by atoms with E-state index in [2.05, 4.69) is 74.0 Å². The number of rotatable bonds is 3. The maximum absolute atomic E-state index is 6.04. The lowest BCUT2D eigenvalue weighted by Gasteiger charge is -2.23. The molecule has 0 aliphatic rings. The van der Waals surface area contributed by atoms with Gasteiger partial charge in [0.25, 0.3) is 0 Å². The molecule has 0 amide bonds. The van der Waals surface area contributed by atoms with E-state index in [1.165, 1.54) is 16.7 Å². The summed E-state index contributed by atoms with van der Waals surface area (Å²) in [4.78, 5) is 0. The maximum Gasteiger partial charge on any atom is 0.123 e. The summed E-state index contributed by atoms with van der Waals surface area (Å²) in [6.45, 7) is 9.36. The van der Waals surface area contributed by atoms with Gasteiger partial charge in [-0.05, 0) is 41.7 Å². The van der Waals surface area contributed by atoms with Gasteiger partial charge in [-0.15, -0.1) is 0 Å². The summed E-state index contributed by atoms with van der Waals surface area (Å²) in [5.41, 5.74) is 3.77.